The molecule has 2 rings (SSSR count). The van der Waals surface area contributed by atoms with Gasteiger partial charge in [-0.3, -0.25) is 0 Å². The number of ether oxygens (including phenoxy) is 1. The summed E-state index contributed by atoms with van der Waals surface area (Å²) in [5, 5.41) is 0. The zero-order valence-electron chi connectivity index (χ0n) is 7.84. The number of rotatable bonds is 2. The summed E-state index contributed by atoms with van der Waals surface area (Å²) in [6.07, 6.45) is 6.73. The summed E-state index contributed by atoms with van der Waals surface area (Å²) in [7, 11) is 0. The van der Waals surface area contributed by atoms with E-state index in [4.69, 9.17) is 4.74 Å². The number of allylic oxidation sites excluding steroid dienone is 1. The third-order valence-electron chi connectivity index (χ3n) is 2.25. The second kappa shape index (κ2) is 5.19. The SMILES string of the molecule is Brc1ccc(OC2C=CCC2)c(Br)c1I. The lowest BCUT2D eigenvalue weighted by molar-refractivity contribution is 0.247. The number of hydrogen-bond acceptors (Lipinski definition) is 1. The highest BCUT2D eigenvalue weighted by molar-refractivity contribution is 14.1. The quantitative estimate of drug-likeness (QED) is 0.358. The van der Waals surface area contributed by atoms with E-state index < -0.39 is 0 Å². The maximum absolute atomic E-state index is 5.88. The Hall–Kier alpha value is 0.450. The van der Waals surface area contributed by atoms with Crippen LogP contribution in [0.4, 0.5) is 0 Å². The van der Waals surface area contributed by atoms with Gasteiger partial charge >= 0.3 is 0 Å². The second-order valence-electron chi connectivity index (χ2n) is 3.34. The van der Waals surface area contributed by atoms with Gasteiger partial charge < -0.3 is 4.74 Å². The van der Waals surface area contributed by atoms with Crippen LogP contribution in [-0.2, 0) is 0 Å². The van der Waals surface area contributed by atoms with Gasteiger partial charge in [-0.2, -0.15) is 0 Å². The van der Waals surface area contributed by atoms with Crippen molar-refractivity contribution < 1.29 is 4.74 Å². The zero-order chi connectivity index (χ0) is 10.8. The molecular weight excluding hydrogens is 435 g/mol. The van der Waals surface area contributed by atoms with Gasteiger partial charge in [0.15, 0.2) is 0 Å². The van der Waals surface area contributed by atoms with Gasteiger partial charge in [0.05, 0.1) is 4.47 Å². The Kier molecular flexibility index (Phi) is 4.12. The molecular formula is C11H9Br2IO. The van der Waals surface area contributed by atoms with Crippen molar-refractivity contribution in [3.05, 3.63) is 36.8 Å². The molecule has 0 spiro atoms. The Morgan fingerprint density at radius 3 is 2.80 bits per heavy atom. The zero-order valence-corrected chi connectivity index (χ0v) is 13.2. The van der Waals surface area contributed by atoms with Crippen LogP contribution in [0.1, 0.15) is 12.8 Å². The summed E-state index contributed by atoms with van der Waals surface area (Å²) in [4.78, 5) is 0. The highest BCUT2D eigenvalue weighted by Gasteiger charge is 2.14. The van der Waals surface area contributed by atoms with Gasteiger partial charge in [0.1, 0.15) is 11.9 Å². The van der Waals surface area contributed by atoms with Crippen LogP contribution in [0.15, 0.2) is 33.2 Å². The largest absolute Gasteiger partial charge is 0.485 e. The third-order valence-corrected chi connectivity index (χ3v) is 6.30. The van der Waals surface area contributed by atoms with Crippen molar-refractivity contribution in [3.8, 4) is 5.75 Å². The number of benzene rings is 1. The lowest BCUT2D eigenvalue weighted by atomic mass is 10.3. The van der Waals surface area contributed by atoms with Crippen molar-refractivity contribution in [1.82, 2.24) is 0 Å². The van der Waals surface area contributed by atoms with Gasteiger partial charge in [-0.1, -0.05) is 6.08 Å². The van der Waals surface area contributed by atoms with Crippen LogP contribution >= 0.6 is 54.5 Å². The topological polar surface area (TPSA) is 9.23 Å². The Balaban J connectivity index is 2.21. The molecule has 1 aromatic rings. The maximum atomic E-state index is 5.88. The predicted octanol–water partition coefficient (Wildman–Crippen LogP) is 4.91. The Bertz CT molecular complexity index is 404. The van der Waals surface area contributed by atoms with Gasteiger partial charge in [0.25, 0.3) is 0 Å². The minimum absolute atomic E-state index is 0.235. The molecule has 0 saturated heterocycles. The van der Waals surface area contributed by atoms with E-state index in [-0.39, 0.29) is 6.10 Å². The average Bonchev–Trinajstić information content (AvgIpc) is 2.72. The lowest BCUT2D eigenvalue weighted by Gasteiger charge is -2.14. The Morgan fingerprint density at radius 2 is 2.13 bits per heavy atom. The van der Waals surface area contributed by atoms with E-state index in [1.54, 1.807) is 0 Å². The van der Waals surface area contributed by atoms with Crippen molar-refractivity contribution in [1.29, 1.82) is 0 Å². The van der Waals surface area contributed by atoms with Crippen LogP contribution in [0.2, 0.25) is 0 Å². The van der Waals surface area contributed by atoms with Crippen LogP contribution in [0.5, 0.6) is 5.75 Å². The maximum Gasteiger partial charge on any atom is 0.135 e. The summed E-state index contributed by atoms with van der Waals surface area (Å²) in [5.74, 6) is 0.916. The van der Waals surface area contributed by atoms with Crippen LogP contribution in [0.25, 0.3) is 0 Å². The van der Waals surface area contributed by atoms with E-state index >= 15 is 0 Å². The molecule has 0 fully saturated rings. The van der Waals surface area contributed by atoms with E-state index in [1.807, 2.05) is 12.1 Å². The van der Waals surface area contributed by atoms with Crippen LogP contribution in [-0.4, -0.2) is 6.10 Å². The standard InChI is InChI=1S/C11H9Br2IO/c12-8-5-6-9(10(13)11(8)14)15-7-3-1-2-4-7/h1,3,5-7H,2,4H2. The average molecular weight is 444 g/mol. The number of halogens is 3. The highest BCUT2D eigenvalue weighted by atomic mass is 127. The summed E-state index contributed by atoms with van der Waals surface area (Å²) in [5.41, 5.74) is 0. The van der Waals surface area contributed by atoms with E-state index in [1.165, 1.54) is 0 Å². The molecule has 0 N–H and O–H groups in total. The van der Waals surface area contributed by atoms with Gasteiger partial charge in [-0.15, -0.1) is 0 Å². The molecule has 1 atom stereocenters. The highest BCUT2D eigenvalue weighted by Crippen LogP contribution is 2.36. The van der Waals surface area contributed by atoms with Crippen molar-refractivity contribution in [2.24, 2.45) is 0 Å². The lowest BCUT2D eigenvalue weighted by Crippen LogP contribution is -2.10. The van der Waals surface area contributed by atoms with Gasteiger partial charge in [0, 0.05) is 8.04 Å². The molecule has 1 aliphatic carbocycles. The summed E-state index contributed by atoms with van der Waals surface area (Å²) in [6, 6.07) is 4.00. The molecule has 4 heteroatoms. The first-order chi connectivity index (χ1) is 7.18. The van der Waals surface area contributed by atoms with Crippen molar-refractivity contribution in [2.75, 3.05) is 0 Å². The summed E-state index contributed by atoms with van der Waals surface area (Å²) in [6.45, 7) is 0. The predicted molar refractivity (Wildman–Crippen MR) is 77.3 cm³/mol. The molecule has 1 aliphatic rings. The summed E-state index contributed by atoms with van der Waals surface area (Å²) >= 11 is 9.33. The minimum Gasteiger partial charge on any atom is -0.485 e. The first-order valence-electron chi connectivity index (χ1n) is 4.65. The molecule has 0 aliphatic heterocycles. The molecule has 1 aromatic carbocycles. The van der Waals surface area contributed by atoms with E-state index in [0.29, 0.717) is 0 Å². The molecule has 1 unspecified atom stereocenters. The molecule has 0 amide bonds. The molecule has 0 bridgehead atoms. The normalized spacial score (nSPS) is 19.5. The van der Waals surface area contributed by atoms with E-state index in [9.17, 15) is 0 Å². The first-order valence-corrected chi connectivity index (χ1v) is 7.32. The van der Waals surface area contributed by atoms with E-state index in [0.717, 1.165) is 31.1 Å². The van der Waals surface area contributed by atoms with Crippen LogP contribution in [0.3, 0.4) is 0 Å². The van der Waals surface area contributed by atoms with Crippen molar-refractivity contribution >= 4 is 54.5 Å². The molecule has 0 aromatic heterocycles. The fraction of sp³-hybridized carbons (Fsp3) is 0.273. The second-order valence-corrected chi connectivity index (χ2v) is 6.06. The fourth-order valence-corrected chi connectivity index (χ4v) is 2.95. The monoisotopic (exact) mass is 442 g/mol. The van der Waals surface area contributed by atoms with Crippen LogP contribution < -0.4 is 4.74 Å². The van der Waals surface area contributed by atoms with Crippen LogP contribution in [0, 0.1) is 3.57 Å². The first kappa shape index (κ1) is 11.9. The van der Waals surface area contributed by atoms with Crippen molar-refractivity contribution in [3.63, 3.8) is 0 Å². The molecule has 0 saturated carbocycles. The molecule has 15 heavy (non-hydrogen) atoms. The fourth-order valence-electron chi connectivity index (χ4n) is 1.47. The minimum atomic E-state index is 0.235. The molecule has 1 nitrogen and oxygen atoms in total. The smallest absolute Gasteiger partial charge is 0.135 e. The molecule has 0 radical (unpaired) electrons. The Morgan fingerprint density at radius 1 is 1.33 bits per heavy atom. The molecule has 0 heterocycles. The van der Waals surface area contributed by atoms with Gasteiger partial charge in [-0.05, 0) is 85.5 Å². The van der Waals surface area contributed by atoms with E-state index in [2.05, 4.69) is 66.6 Å². The van der Waals surface area contributed by atoms with Crippen molar-refractivity contribution in [2.45, 2.75) is 18.9 Å². The Labute approximate surface area is 120 Å². The van der Waals surface area contributed by atoms with Gasteiger partial charge in [0.2, 0.25) is 0 Å². The number of hydrogen-bond donors (Lipinski definition) is 0. The summed E-state index contributed by atoms with van der Waals surface area (Å²) < 4.78 is 9.14. The van der Waals surface area contributed by atoms with Gasteiger partial charge in [-0.25, -0.2) is 0 Å². The molecule has 80 valence electrons. The third kappa shape index (κ3) is 2.77.